The van der Waals surface area contributed by atoms with E-state index < -0.39 is 5.91 Å². The maximum atomic E-state index is 11.4. The largest absolute Gasteiger partial charge is 0.507 e. The lowest BCUT2D eigenvalue weighted by molar-refractivity contribution is -0.114. The molecule has 0 saturated carbocycles. The Morgan fingerprint density at radius 3 is 2.29 bits per heavy atom. The number of amides is 1. The molecular weight excluding hydrogens is 528 g/mol. The van der Waals surface area contributed by atoms with Crippen molar-refractivity contribution < 1.29 is 9.90 Å². The molecule has 0 fully saturated rings. The molecule has 41 heavy (non-hydrogen) atoms. The first-order valence-electron chi connectivity index (χ1n) is 14.1. The van der Waals surface area contributed by atoms with E-state index in [9.17, 15) is 9.90 Å². The fraction of sp³-hybridized carbons (Fsp3) is 0.412. The third kappa shape index (κ3) is 5.76. The molecule has 0 bridgehead atoms. The Hall–Kier alpha value is -3.63. The second kappa shape index (κ2) is 10.6. The number of anilines is 2. The van der Waals surface area contributed by atoms with Gasteiger partial charge in [0.1, 0.15) is 17.4 Å². The van der Waals surface area contributed by atoms with Crippen LogP contribution in [0.15, 0.2) is 46.9 Å². The van der Waals surface area contributed by atoms with E-state index in [0.717, 1.165) is 58.7 Å². The highest BCUT2D eigenvalue weighted by Gasteiger charge is 2.42. The van der Waals surface area contributed by atoms with Gasteiger partial charge in [-0.3, -0.25) is 4.79 Å². The normalized spacial score (nSPS) is 17.2. The van der Waals surface area contributed by atoms with Gasteiger partial charge in [-0.05, 0) is 69.2 Å². The van der Waals surface area contributed by atoms with Gasteiger partial charge in [-0.1, -0.05) is 72.7 Å². The van der Waals surface area contributed by atoms with Crippen LogP contribution >= 0.6 is 12.6 Å². The van der Waals surface area contributed by atoms with Crippen LogP contribution in [-0.4, -0.2) is 24.1 Å². The van der Waals surface area contributed by atoms with Crippen LogP contribution in [0.1, 0.15) is 83.6 Å². The molecule has 3 aromatic carbocycles. The quantitative estimate of drug-likeness (QED) is 0.115. The molecule has 0 radical (unpaired) electrons. The number of nitrogens with two attached hydrogens (primary N) is 2. The number of nitrogens with zero attached hydrogens (tertiary/aromatic N) is 2. The number of aromatic hydroxyl groups is 1. The highest BCUT2D eigenvalue weighted by atomic mass is 32.1. The summed E-state index contributed by atoms with van der Waals surface area (Å²) in [5.41, 5.74) is 16.7. The van der Waals surface area contributed by atoms with Crippen LogP contribution in [0.25, 0.3) is 16.8 Å². The highest BCUT2D eigenvalue weighted by Crippen LogP contribution is 2.53. The van der Waals surface area contributed by atoms with Gasteiger partial charge < -0.3 is 21.5 Å². The van der Waals surface area contributed by atoms with Crippen LogP contribution in [-0.2, 0) is 21.0 Å². The van der Waals surface area contributed by atoms with Crippen LogP contribution in [0.4, 0.5) is 11.4 Å². The van der Waals surface area contributed by atoms with E-state index in [2.05, 4.69) is 90.3 Å². The number of carbonyl (C=O) groups excluding carboxylic acids is 1. The number of phenols is 1. The Bertz CT molecular complexity index is 1600. The summed E-state index contributed by atoms with van der Waals surface area (Å²) in [5, 5.41) is 22.5. The van der Waals surface area contributed by atoms with Crippen molar-refractivity contribution in [3.05, 3.63) is 64.2 Å². The van der Waals surface area contributed by atoms with Crippen molar-refractivity contribution in [1.82, 2.24) is 0 Å². The molecule has 216 valence electrons. The van der Waals surface area contributed by atoms with Crippen molar-refractivity contribution >= 4 is 46.8 Å². The Balaban J connectivity index is 0.000000208. The van der Waals surface area contributed by atoms with E-state index in [4.69, 9.17) is 16.7 Å². The van der Waals surface area contributed by atoms with Crippen LogP contribution in [0.5, 0.6) is 5.75 Å². The van der Waals surface area contributed by atoms with Crippen LogP contribution < -0.4 is 16.4 Å². The second-order valence-electron chi connectivity index (χ2n) is 13.6. The SMILES string of the molecule is CC(C)(C)c1ccc2c(S)c(N)ccc2c1.CC1(C)CCN2CCC(C)(C)c3c(O)c(/C=C(\C#N)C(N)=O)cc1c32. The van der Waals surface area contributed by atoms with Gasteiger partial charge in [-0.2, -0.15) is 5.26 Å². The van der Waals surface area contributed by atoms with Gasteiger partial charge >= 0.3 is 0 Å². The van der Waals surface area contributed by atoms with Crippen molar-refractivity contribution in [2.24, 2.45) is 5.73 Å². The molecule has 2 aliphatic rings. The first-order chi connectivity index (χ1) is 19.0. The predicted molar refractivity (Wildman–Crippen MR) is 173 cm³/mol. The number of hydrogen-bond acceptors (Lipinski definition) is 6. The maximum Gasteiger partial charge on any atom is 0.259 e. The number of fused-ring (bicyclic) bond motifs is 1. The van der Waals surface area contributed by atoms with Crippen LogP contribution in [0, 0.1) is 11.3 Å². The van der Waals surface area contributed by atoms with Gasteiger partial charge in [0.15, 0.2) is 0 Å². The van der Waals surface area contributed by atoms with Gasteiger partial charge in [0.2, 0.25) is 0 Å². The molecule has 5 rings (SSSR count). The fourth-order valence-electron chi connectivity index (χ4n) is 5.81. The number of benzene rings is 3. The third-order valence-electron chi connectivity index (χ3n) is 8.61. The van der Waals surface area contributed by atoms with E-state index >= 15 is 0 Å². The minimum absolute atomic E-state index is 0.0379. The molecule has 2 aliphatic heterocycles. The lowest BCUT2D eigenvalue weighted by Crippen LogP contribution is -2.44. The third-order valence-corrected chi connectivity index (χ3v) is 9.11. The van der Waals surface area contributed by atoms with Gasteiger partial charge in [0.25, 0.3) is 5.91 Å². The molecule has 0 unspecified atom stereocenters. The molecule has 0 aliphatic carbocycles. The van der Waals surface area contributed by atoms with E-state index in [0.29, 0.717) is 5.56 Å². The summed E-state index contributed by atoms with van der Waals surface area (Å²) >= 11 is 4.45. The molecule has 0 atom stereocenters. The van der Waals surface area contributed by atoms with E-state index in [1.165, 1.54) is 17.0 Å². The van der Waals surface area contributed by atoms with Crippen molar-refractivity contribution in [3.63, 3.8) is 0 Å². The number of thiol groups is 1. The van der Waals surface area contributed by atoms with Crippen molar-refractivity contribution in [3.8, 4) is 11.8 Å². The number of phenolic OH excluding ortho intramolecular Hbond substituents is 1. The summed E-state index contributed by atoms with van der Waals surface area (Å²) in [5.74, 6) is -0.631. The Kier molecular flexibility index (Phi) is 7.88. The number of nitrogen functional groups attached to an aromatic ring is 1. The molecule has 5 N–H and O–H groups in total. The second-order valence-corrected chi connectivity index (χ2v) is 14.0. The zero-order valence-electron chi connectivity index (χ0n) is 25.2. The summed E-state index contributed by atoms with van der Waals surface area (Å²) in [6.45, 7) is 17.3. The Morgan fingerprint density at radius 2 is 1.71 bits per heavy atom. The first-order valence-corrected chi connectivity index (χ1v) is 14.5. The van der Waals surface area contributed by atoms with Crippen LogP contribution in [0.2, 0.25) is 0 Å². The number of rotatable bonds is 2. The first kappa shape index (κ1) is 30.3. The monoisotopic (exact) mass is 570 g/mol. The number of carbonyl (C=O) groups is 1. The highest BCUT2D eigenvalue weighted by molar-refractivity contribution is 7.80. The van der Waals surface area contributed by atoms with Crippen molar-refractivity contribution in [2.45, 2.75) is 82.4 Å². The standard InChI is InChI=1S/C20H25N3O2.C14H17NS/c1-19(2)5-7-23-8-6-20(3,4)15-16(23)14(19)10-12(17(15)24)9-13(11-21)18(22)25;1-14(2,3)10-5-6-11-9(8-10)4-7-12(15)13(11)16/h9-10,24H,5-8H2,1-4H3,(H2,22,25);4-8,16H,15H2,1-3H3/b13-9+;. The van der Waals surface area contributed by atoms with Crippen molar-refractivity contribution in [1.29, 1.82) is 5.26 Å². The molecule has 3 aromatic rings. The number of primary amides is 1. The molecule has 2 heterocycles. The van der Waals surface area contributed by atoms with E-state index in [1.54, 1.807) is 0 Å². The molecular formula is C34H42N4O2S. The average Bonchev–Trinajstić information content (AvgIpc) is 2.88. The number of nitriles is 1. The minimum Gasteiger partial charge on any atom is -0.507 e. The molecule has 1 amide bonds. The molecule has 0 saturated heterocycles. The molecule has 0 aromatic heterocycles. The number of hydrogen-bond donors (Lipinski definition) is 4. The lowest BCUT2D eigenvalue weighted by atomic mass is 9.68. The zero-order chi connectivity index (χ0) is 30.5. The summed E-state index contributed by atoms with van der Waals surface area (Å²) in [4.78, 5) is 14.7. The predicted octanol–water partition coefficient (Wildman–Crippen LogP) is 6.96. The maximum absolute atomic E-state index is 11.4. The lowest BCUT2D eigenvalue weighted by Gasteiger charge is -2.48. The van der Waals surface area contributed by atoms with E-state index in [1.807, 2.05) is 18.2 Å². The molecule has 7 heteroatoms. The summed E-state index contributed by atoms with van der Waals surface area (Å²) < 4.78 is 0. The van der Waals surface area contributed by atoms with Gasteiger partial charge in [-0.15, -0.1) is 12.6 Å². The Labute approximate surface area is 249 Å². The summed E-state index contributed by atoms with van der Waals surface area (Å²) in [6.07, 6.45) is 3.38. The van der Waals surface area contributed by atoms with Gasteiger partial charge in [-0.25, -0.2) is 0 Å². The Morgan fingerprint density at radius 1 is 1.07 bits per heavy atom. The summed E-state index contributed by atoms with van der Waals surface area (Å²) in [6, 6.07) is 14.2. The molecule has 0 spiro atoms. The smallest absolute Gasteiger partial charge is 0.259 e. The van der Waals surface area contributed by atoms with Gasteiger partial charge in [0, 0.05) is 40.5 Å². The zero-order valence-corrected chi connectivity index (χ0v) is 26.1. The fourth-order valence-corrected chi connectivity index (χ4v) is 6.09. The topological polar surface area (TPSA) is 116 Å². The minimum atomic E-state index is -0.784. The van der Waals surface area contributed by atoms with E-state index in [-0.39, 0.29) is 27.6 Å². The van der Waals surface area contributed by atoms with Crippen molar-refractivity contribution in [2.75, 3.05) is 23.7 Å². The van der Waals surface area contributed by atoms with Gasteiger partial charge in [0.05, 0.1) is 0 Å². The summed E-state index contributed by atoms with van der Waals surface area (Å²) in [7, 11) is 0. The molecule has 6 nitrogen and oxygen atoms in total. The van der Waals surface area contributed by atoms with Crippen LogP contribution in [0.3, 0.4) is 0 Å². The average molecular weight is 571 g/mol.